The van der Waals surface area contributed by atoms with E-state index >= 15 is 0 Å². The van der Waals surface area contributed by atoms with Crippen molar-refractivity contribution in [1.29, 1.82) is 0 Å². The highest BCUT2D eigenvalue weighted by molar-refractivity contribution is 7.99. The number of nitrogens with zero attached hydrogens (tertiary/aromatic N) is 1. The van der Waals surface area contributed by atoms with Crippen molar-refractivity contribution in [3.63, 3.8) is 0 Å². The number of aliphatic hydroxyl groups is 1. The fourth-order valence-corrected chi connectivity index (χ4v) is 2.73. The van der Waals surface area contributed by atoms with Crippen molar-refractivity contribution in [2.45, 2.75) is 16.4 Å². The normalized spacial score (nSPS) is 10.4. The van der Waals surface area contributed by atoms with Gasteiger partial charge in [-0.15, -0.1) is 0 Å². The second-order valence-corrected chi connectivity index (χ2v) is 5.32. The highest BCUT2D eigenvalue weighted by atomic mass is 35.5. The lowest BCUT2D eigenvalue weighted by Gasteiger charge is -2.07. The van der Waals surface area contributed by atoms with Gasteiger partial charge < -0.3 is 5.11 Å². The van der Waals surface area contributed by atoms with E-state index in [1.807, 2.05) is 0 Å². The smallest absolute Gasteiger partial charge is 0.269 e. The van der Waals surface area contributed by atoms with Crippen molar-refractivity contribution >= 4 is 29.1 Å². The molecule has 0 radical (unpaired) electrons. The van der Waals surface area contributed by atoms with Gasteiger partial charge in [0.15, 0.2) is 0 Å². The third kappa shape index (κ3) is 3.47. The van der Waals surface area contributed by atoms with Crippen LogP contribution in [-0.4, -0.2) is 10.0 Å². The maximum Gasteiger partial charge on any atom is 0.269 e. The van der Waals surface area contributed by atoms with Crippen molar-refractivity contribution in [3.05, 3.63) is 63.2 Å². The topological polar surface area (TPSA) is 63.4 Å². The van der Waals surface area contributed by atoms with Crippen LogP contribution in [0.25, 0.3) is 0 Å². The number of rotatable bonds is 4. The van der Waals surface area contributed by atoms with E-state index in [9.17, 15) is 15.2 Å². The molecule has 0 atom stereocenters. The molecule has 2 aromatic carbocycles. The molecule has 2 rings (SSSR count). The summed E-state index contributed by atoms with van der Waals surface area (Å²) in [6.07, 6.45) is 0. The van der Waals surface area contributed by atoms with Crippen molar-refractivity contribution in [1.82, 2.24) is 0 Å². The molecule has 0 fully saturated rings. The van der Waals surface area contributed by atoms with Crippen LogP contribution in [0.1, 0.15) is 5.56 Å². The van der Waals surface area contributed by atoms with Crippen LogP contribution in [0.15, 0.2) is 52.3 Å². The number of nitro benzene ring substituents is 1. The average molecular weight is 296 g/mol. The van der Waals surface area contributed by atoms with E-state index in [-0.39, 0.29) is 12.3 Å². The summed E-state index contributed by atoms with van der Waals surface area (Å²) in [5.41, 5.74) is 0.825. The van der Waals surface area contributed by atoms with Gasteiger partial charge in [-0.1, -0.05) is 29.4 Å². The Morgan fingerprint density at radius 2 is 1.89 bits per heavy atom. The molecule has 0 spiro atoms. The number of aliphatic hydroxyl groups excluding tert-OH is 1. The third-order valence-electron chi connectivity index (χ3n) is 2.47. The van der Waals surface area contributed by atoms with Crippen LogP contribution in [0.2, 0.25) is 5.02 Å². The molecule has 0 amide bonds. The maximum absolute atomic E-state index is 10.6. The van der Waals surface area contributed by atoms with Gasteiger partial charge in [-0.25, -0.2) is 0 Å². The van der Waals surface area contributed by atoms with E-state index in [1.165, 1.54) is 23.9 Å². The van der Waals surface area contributed by atoms with Crippen molar-refractivity contribution in [3.8, 4) is 0 Å². The molecule has 0 saturated carbocycles. The lowest BCUT2D eigenvalue weighted by molar-refractivity contribution is -0.384. The quantitative estimate of drug-likeness (QED) is 0.686. The number of nitro groups is 1. The van der Waals surface area contributed by atoms with Gasteiger partial charge in [-0.05, 0) is 29.8 Å². The Bertz CT molecular complexity index is 601. The first-order valence-electron chi connectivity index (χ1n) is 5.42. The summed E-state index contributed by atoms with van der Waals surface area (Å²) in [6, 6.07) is 11.5. The van der Waals surface area contributed by atoms with Crippen molar-refractivity contribution in [2.24, 2.45) is 0 Å². The standard InChI is InChI=1S/C13H10ClNO3S/c14-10-2-1-9(8-16)13(7-10)19-12-5-3-11(4-6-12)15(17)18/h1-7,16H,8H2. The van der Waals surface area contributed by atoms with Crippen LogP contribution in [0, 0.1) is 10.1 Å². The Morgan fingerprint density at radius 1 is 1.21 bits per heavy atom. The minimum atomic E-state index is -0.438. The molecule has 0 unspecified atom stereocenters. The Kier molecular flexibility index (Phi) is 4.42. The summed E-state index contributed by atoms with van der Waals surface area (Å²) < 4.78 is 0. The molecule has 0 bridgehead atoms. The number of hydrogen-bond donors (Lipinski definition) is 1. The summed E-state index contributed by atoms with van der Waals surface area (Å²) in [5.74, 6) is 0. The molecule has 4 nitrogen and oxygen atoms in total. The predicted molar refractivity (Wildman–Crippen MR) is 74.6 cm³/mol. The molecule has 0 heterocycles. The maximum atomic E-state index is 10.6. The van der Waals surface area contributed by atoms with Crippen LogP contribution < -0.4 is 0 Å². The molecular formula is C13H10ClNO3S. The first kappa shape index (κ1) is 13.9. The minimum absolute atomic E-state index is 0.0535. The first-order chi connectivity index (χ1) is 9.10. The molecular weight excluding hydrogens is 286 g/mol. The Hall–Kier alpha value is -1.56. The van der Waals surface area contributed by atoms with Gasteiger partial charge in [0.1, 0.15) is 0 Å². The van der Waals surface area contributed by atoms with E-state index < -0.39 is 4.92 Å². The zero-order chi connectivity index (χ0) is 13.8. The van der Waals surface area contributed by atoms with Crippen LogP contribution in [0.3, 0.4) is 0 Å². The van der Waals surface area contributed by atoms with Crippen LogP contribution >= 0.6 is 23.4 Å². The SMILES string of the molecule is O=[N+]([O-])c1ccc(Sc2cc(Cl)ccc2CO)cc1. The minimum Gasteiger partial charge on any atom is -0.392 e. The molecule has 6 heteroatoms. The predicted octanol–water partition coefficient (Wildman–Crippen LogP) is 3.89. The van der Waals surface area contributed by atoms with Crippen molar-refractivity contribution < 1.29 is 10.0 Å². The van der Waals surface area contributed by atoms with Gasteiger partial charge in [0.25, 0.3) is 5.69 Å². The van der Waals surface area contributed by atoms with E-state index in [1.54, 1.807) is 30.3 Å². The lowest BCUT2D eigenvalue weighted by Crippen LogP contribution is -1.88. The van der Waals surface area contributed by atoms with Crippen molar-refractivity contribution in [2.75, 3.05) is 0 Å². The Morgan fingerprint density at radius 3 is 2.47 bits per heavy atom. The van der Waals surface area contributed by atoms with E-state index in [0.29, 0.717) is 5.02 Å². The molecule has 0 aromatic heterocycles. The van der Waals surface area contributed by atoms with Crippen LogP contribution in [-0.2, 0) is 6.61 Å². The lowest BCUT2D eigenvalue weighted by atomic mass is 10.2. The fraction of sp³-hybridized carbons (Fsp3) is 0.0769. The van der Waals surface area contributed by atoms with Gasteiger partial charge in [-0.2, -0.15) is 0 Å². The Balaban J connectivity index is 2.25. The zero-order valence-electron chi connectivity index (χ0n) is 9.75. The Labute approximate surface area is 119 Å². The highest BCUT2D eigenvalue weighted by Gasteiger charge is 2.07. The molecule has 1 N–H and O–H groups in total. The van der Waals surface area contributed by atoms with Gasteiger partial charge in [0, 0.05) is 26.9 Å². The van der Waals surface area contributed by atoms with Crippen LogP contribution in [0.4, 0.5) is 5.69 Å². The zero-order valence-corrected chi connectivity index (χ0v) is 11.3. The monoisotopic (exact) mass is 295 g/mol. The van der Waals surface area contributed by atoms with Gasteiger partial charge in [-0.3, -0.25) is 10.1 Å². The summed E-state index contributed by atoms with van der Waals surface area (Å²) in [5, 5.41) is 20.4. The molecule has 0 aliphatic carbocycles. The summed E-state index contributed by atoms with van der Waals surface area (Å²) in [7, 11) is 0. The second kappa shape index (κ2) is 6.06. The number of halogens is 1. The van der Waals surface area contributed by atoms with E-state index in [0.717, 1.165) is 15.4 Å². The molecule has 19 heavy (non-hydrogen) atoms. The molecule has 98 valence electrons. The molecule has 2 aromatic rings. The largest absolute Gasteiger partial charge is 0.392 e. The number of non-ortho nitro benzene ring substituents is 1. The third-order valence-corrected chi connectivity index (χ3v) is 3.82. The summed E-state index contributed by atoms with van der Waals surface area (Å²) >= 11 is 7.33. The highest BCUT2D eigenvalue weighted by Crippen LogP contribution is 2.33. The number of hydrogen-bond acceptors (Lipinski definition) is 4. The fourth-order valence-electron chi connectivity index (χ4n) is 1.52. The second-order valence-electron chi connectivity index (χ2n) is 3.76. The van der Waals surface area contributed by atoms with E-state index in [2.05, 4.69) is 0 Å². The first-order valence-corrected chi connectivity index (χ1v) is 6.61. The van der Waals surface area contributed by atoms with E-state index in [4.69, 9.17) is 11.6 Å². The summed E-state index contributed by atoms with van der Waals surface area (Å²) in [6.45, 7) is -0.0769. The number of benzene rings is 2. The van der Waals surface area contributed by atoms with Gasteiger partial charge >= 0.3 is 0 Å². The van der Waals surface area contributed by atoms with Gasteiger partial charge in [0.2, 0.25) is 0 Å². The van der Waals surface area contributed by atoms with Gasteiger partial charge in [0.05, 0.1) is 11.5 Å². The molecule has 0 aliphatic heterocycles. The van der Waals surface area contributed by atoms with Crippen LogP contribution in [0.5, 0.6) is 0 Å². The molecule has 0 aliphatic rings. The average Bonchev–Trinajstić information content (AvgIpc) is 2.39. The molecule has 0 saturated heterocycles. The summed E-state index contributed by atoms with van der Waals surface area (Å²) in [4.78, 5) is 11.8.